The van der Waals surface area contributed by atoms with Crippen molar-refractivity contribution < 1.29 is 9.59 Å². The Bertz CT molecular complexity index is 1040. The molecule has 1 atom stereocenters. The van der Waals surface area contributed by atoms with Crippen molar-refractivity contribution in [2.24, 2.45) is 5.92 Å². The summed E-state index contributed by atoms with van der Waals surface area (Å²) in [5.74, 6) is 0.194. The van der Waals surface area contributed by atoms with E-state index in [4.69, 9.17) is 11.6 Å². The number of carbonyl (C=O) groups excluding carboxylic acids is 2. The van der Waals surface area contributed by atoms with Gasteiger partial charge in [-0.25, -0.2) is 4.79 Å². The zero-order chi connectivity index (χ0) is 23.0. The second-order valence-corrected chi connectivity index (χ2v) is 9.35. The number of urea groups is 1. The standard InChI is InChI=1S/C24H26ClN5O2S/c25-18-3-5-19(6-4-18)28-24(32)29-22(21-2-1-15-33-21)23(31)27-16-17-9-13-30(14-10-17)20-7-11-26-12-8-20/h1-8,11-12,15,17,22H,9-10,13-14,16H2,(H,27,31)(H2,28,29,32). The molecule has 0 aliphatic carbocycles. The maximum atomic E-state index is 13.0. The number of benzene rings is 1. The normalized spacial score (nSPS) is 15.0. The van der Waals surface area contributed by atoms with Crippen LogP contribution >= 0.6 is 22.9 Å². The Labute approximate surface area is 202 Å². The van der Waals surface area contributed by atoms with Crippen molar-refractivity contribution in [1.29, 1.82) is 0 Å². The minimum atomic E-state index is -0.755. The van der Waals surface area contributed by atoms with Crippen LogP contribution in [0.15, 0.2) is 66.3 Å². The van der Waals surface area contributed by atoms with Crippen LogP contribution in [-0.2, 0) is 4.79 Å². The Morgan fingerprint density at radius 1 is 1.09 bits per heavy atom. The molecule has 9 heteroatoms. The third kappa shape index (κ3) is 6.46. The monoisotopic (exact) mass is 483 g/mol. The van der Waals surface area contributed by atoms with Crippen molar-refractivity contribution >= 4 is 46.3 Å². The highest BCUT2D eigenvalue weighted by Crippen LogP contribution is 2.23. The molecule has 7 nitrogen and oxygen atoms in total. The van der Waals surface area contributed by atoms with Crippen molar-refractivity contribution in [3.05, 3.63) is 76.2 Å². The molecule has 1 fully saturated rings. The van der Waals surface area contributed by atoms with Gasteiger partial charge in [0.15, 0.2) is 0 Å². The van der Waals surface area contributed by atoms with Crippen LogP contribution in [0.4, 0.5) is 16.2 Å². The molecule has 33 heavy (non-hydrogen) atoms. The van der Waals surface area contributed by atoms with E-state index in [1.54, 1.807) is 24.3 Å². The summed E-state index contributed by atoms with van der Waals surface area (Å²) in [6.07, 6.45) is 5.61. The lowest BCUT2D eigenvalue weighted by Crippen LogP contribution is -2.44. The van der Waals surface area contributed by atoms with Crippen LogP contribution in [0.25, 0.3) is 0 Å². The fraction of sp³-hybridized carbons (Fsp3) is 0.292. The van der Waals surface area contributed by atoms with Crippen molar-refractivity contribution in [2.45, 2.75) is 18.9 Å². The first-order valence-electron chi connectivity index (χ1n) is 10.9. The van der Waals surface area contributed by atoms with Crippen LogP contribution in [-0.4, -0.2) is 36.6 Å². The number of pyridine rings is 1. The number of piperidine rings is 1. The molecule has 4 rings (SSSR count). The van der Waals surface area contributed by atoms with Gasteiger partial charge in [0, 0.05) is 53.3 Å². The molecule has 1 saturated heterocycles. The van der Waals surface area contributed by atoms with E-state index in [1.165, 1.54) is 17.0 Å². The predicted molar refractivity (Wildman–Crippen MR) is 133 cm³/mol. The molecule has 1 aliphatic heterocycles. The van der Waals surface area contributed by atoms with Gasteiger partial charge < -0.3 is 20.9 Å². The molecule has 2 aromatic heterocycles. The van der Waals surface area contributed by atoms with E-state index < -0.39 is 12.1 Å². The minimum absolute atomic E-state index is 0.208. The highest BCUT2D eigenvalue weighted by atomic mass is 35.5. The van der Waals surface area contributed by atoms with Crippen LogP contribution in [0, 0.1) is 5.92 Å². The Hall–Kier alpha value is -3.10. The van der Waals surface area contributed by atoms with Crippen molar-refractivity contribution in [2.75, 3.05) is 29.9 Å². The lowest BCUT2D eigenvalue weighted by atomic mass is 9.96. The summed E-state index contributed by atoms with van der Waals surface area (Å²) >= 11 is 7.33. The van der Waals surface area contributed by atoms with E-state index in [0.29, 0.717) is 23.2 Å². The highest BCUT2D eigenvalue weighted by molar-refractivity contribution is 7.10. The van der Waals surface area contributed by atoms with E-state index in [2.05, 4.69) is 25.8 Å². The third-order valence-electron chi connectivity index (χ3n) is 5.67. The van der Waals surface area contributed by atoms with E-state index in [-0.39, 0.29) is 5.91 Å². The van der Waals surface area contributed by atoms with Crippen LogP contribution in [0.5, 0.6) is 0 Å². The number of rotatable bonds is 7. The third-order valence-corrected chi connectivity index (χ3v) is 6.86. The number of amides is 3. The second kappa shape index (κ2) is 11.2. The Kier molecular flexibility index (Phi) is 7.80. The minimum Gasteiger partial charge on any atom is -0.371 e. The van der Waals surface area contributed by atoms with E-state index in [9.17, 15) is 9.59 Å². The number of aromatic nitrogens is 1. The zero-order valence-electron chi connectivity index (χ0n) is 18.0. The predicted octanol–water partition coefficient (Wildman–Crippen LogP) is 4.69. The molecule has 1 unspecified atom stereocenters. The number of halogens is 1. The number of anilines is 2. The topological polar surface area (TPSA) is 86.4 Å². The fourth-order valence-corrected chi connectivity index (χ4v) is 4.75. The summed E-state index contributed by atoms with van der Waals surface area (Å²) in [6.45, 7) is 2.48. The van der Waals surface area contributed by atoms with Gasteiger partial charge in [0.25, 0.3) is 0 Å². The first-order chi connectivity index (χ1) is 16.1. The van der Waals surface area contributed by atoms with Gasteiger partial charge in [-0.3, -0.25) is 9.78 Å². The van der Waals surface area contributed by atoms with Crippen molar-refractivity contribution in [3.63, 3.8) is 0 Å². The van der Waals surface area contributed by atoms with Gasteiger partial charge in [-0.1, -0.05) is 17.7 Å². The molecule has 3 amide bonds. The van der Waals surface area contributed by atoms with Crippen LogP contribution < -0.4 is 20.9 Å². The summed E-state index contributed by atoms with van der Waals surface area (Å²) in [4.78, 5) is 32.8. The van der Waals surface area contributed by atoms with E-state index in [0.717, 1.165) is 30.8 Å². The molecular weight excluding hydrogens is 458 g/mol. The fourth-order valence-electron chi connectivity index (χ4n) is 3.85. The molecule has 0 bridgehead atoms. The number of thiophene rings is 1. The number of carbonyl (C=O) groups is 2. The molecule has 3 N–H and O–H groups in total. The van der Waals surface area contributed by atoms with Gasteiger partial charge in [-0.2, -0.15) is 0 Å². The first-order valence-corrected chi connectivity index (χ1v) is 12.1. The molecule has 3 aromatic rings. The summed E-state index contributed by atoms with van der Waals surface area (Å²) in [5, 5.41) is 11.1. The zero-order valence-corrected chi connectivity index (χ0v) is 19.6. The first kappa shape index (κ1) is 23.1. The van der Waals surface area contributed by atoms with E-state index in [1.807, 2.05) is 42.0 Å². The average Bonchev–Trinajstić information content (AvgIpc) is 3.38. The lowest BCUT2D eigenvalue weighted by Gasteiger charge is -2.33. The summed E-state index contributed by atoms with van der Waals surface area (Å²) < 4.78 is 0. The van der Waals surface area contributed by atoms with Crippen LogP contribution in [0.2, 0.25) is 5.02 Å². The molecule has 0 radical (unpaired) electrons. The highest BCUT2D eigenvalue weighted by Gasteiger charge is 2.26. The van der Waals surface area contributed by atoms with E-state index >= 15 is 0 Å². The molecule has 0 saturated carbocycles. The smallest absolute Gasteiger partial charge is 0.320 e. The average molecular weight is 484 g/mol. The molecule has 0 spiro atoms. The number of nitrogens with one attached hydrogen (secondary N) is 3. The van der Waals surface area contributed by atoms with Gasteiger partial charge in [0.2, 0.25) is 5.91 Å². The van der Waals surface area contributed by atoms with Gasteiger partial charge in [-0.15, -0.1) is 11.3 Å². The maximum Gasteiger partial charge on any atom is 0.320 e. The van der Waals surface area contributed by atoms with Crippen LogP contribution in [0.1, 0.15) is 23.8 Å². The van der Waals surface area contributed by atoms with Gasteiger partial charge >= 0.3 is 6.03 Å². The molecule has 1 aromatic carbocycles. The quantitative estimate of drug-likeness (QED) is 0.455. The van der Waals surface area contributed by atoms with Crippen LogP contribution in [0.3, 0.4) is 0 Å². The summed E-state index contributed by atoms with van der Waals surface area (Å²) in [6, 6.07) is 13.4. The molecule has 1 aliphatic rings. The molecule has 3 heterocycles. The molecular formula is C24H26ClN5O2S. The largest absolute Gasteiger partial charge is 0.371 e. The summed E-state index contributed by atoms with van der Waals surface area (Å²) in [5.41, 5.74) is 1.78. The maximum absolute atomic E-state index is 13.0. The Morgan fingerprint density at radius 3 is 2.48 bits per heavy atom. The number of hydrogen-bond donors (Lipinski definition) is 3. The second-order valence-electron chi connectivity index (χ2n) is 7.93. The van der Waals surface area contributed by atoms with Crippen molar-refractivity contribution in [1.82, 2.24) is 15.6 Å². The van der Waals surface area contributed by atoms with Crippen molar-refractivity contribution in [3.8, 4) is 0 Å². The molecule has 172 valence electrons. The van der Waals surface area contributed by atoms with Gasteiger partial charge in [0.1, 0.15) is 6.04 Å². The number of hydrogen-bond acceptors (Lipinski definition) is 5. The summed E-state index contributed by atoms with van der Waals surface area (Å²) in [7, 11) is 0. The van der Waals surface area contributed by atoms with Gasteiger partial charge in [0.05, 0.1) is 0 Å². The SMILES string of the molecule is O=C(Nc1ccc(Cl)cc1)NC(C(=O)NCC1CCN(c2ccncc2)CC1)c1cccs1. The Morgan fingerprint density at radius 2 is 1.82 bits per heavy atom. The Balaban J connectivity index is 1.30. The lowest BCUT2D eigenvalue weighted by molar-refractivity contribution is -0.123. The number of nitrogens with zero attached hydrogens (tertiary/aromatic N) is 2. The van der Waals surface area contributed by atoms with Gasteiger partial charge in [-0.05, 0) is 66.6 Å².